The fourth-order valence-electron chi connectivity index (χ4n) is 4.05. The van der Waals surface area contributed by atoms with E-state index in [4.69, 9.17) is 18.9 Å². The summed E-state index contributed by atoms with van der Waals surface area (Å²) in [6.45, 7) is 4.22. The lowest BCUT2D eigenvalue weighted by Gasteiger charge is -2.18. The van der Waals surface area contributed by atoms with E-state index in [2.05, 4.69) is 13.8 Å². The summed E-state index contributed by atoms with van der Waals surface area (Å²) >= 11 is 0. The minimum absolute atomic E-state index is 0.135. The van der Waals surface area contributed by atoms with E-state index in [0.717, 1.165) is 19.3 Å². The van der Waals surface area contributed by atoms with E-state index in [1.807, 2.05) is 12.2 Å². The van der Waals surface area contributed by atoms with E-state index in [0.29, 0.717) is 30.4 Å². The number of esters is 2. The van der Waals surface area contributed by atoms with Crippen LogP contribution in [0.5, 0.6) is 0 Å². The Bertz CT molecular complexity index is 649. The molecule has 2 saturated heterocycles. The van der Waals surface area contributed by atoms with Crippen molar-refractivity contribution in [3.63, 3.8) is 0 Å². The molecule has 0 aromatic carbocycles. The topological polar surface area (TPSA) is 77.7 Å². The summed E-state index contributed by atoms with van der Waals surface area (Å²) in [5, 5.41) is 0. The molecule has 27 heavy (non-hydrogen) atoms. The third-order valence-electron chi connectivity index (χ3n) is 6.01. The van der Waals surface area contributed by atoms with Crippen molar-refractivity contribution in [2.75, 3.05) is 14.2 Å². The predicted octanol–water partition coefficient (Wildman–Crippen LogP) is 3.10. The normalized spacial score (nSPS) is 37.4. The number of carbonyl (C=O) groups is 2. The maximum atomic E-state index is 12.2. The summed E-state index contributed by atoms with van der Waals surface area (Å²) in [5.74, 6) is -0.319. The van der Waals surface area contributed by atoms with Gasteiger partial charge in [0.05, 0.1) is 26.4 Å². The van der Waals surface area contributed by atoms with Crippen molar-refractivity contribution >= 4 is 11.9 Å². The number of fused-ring (bicyclic) bond motifs is 2. The maximum Gasteiger partial charge on any atom is 0.333 e. The lowest BCUT2D eigenvalue weighted by Crippen LogP contribution is -2.24. The Morgan fingerprint density at radius 2 is 1.74 bits per heavy atom. The van der Waals surface area contributed by atoms with Crippen LogP contribution in [0.2, 0.25) is 0 Å². The van der Waals surface area contributed by atoms with Gasteiger partial charge in [0, 0.05) is 11.1 Å². The first-order chi connectivity index (χ1) is 12.9. The summed E-state index contributed by atoms with van der Waals surface area (Å²) in [4.78, 5) is 24.3. The molecule has 150 valence electrons. The quantitative estimate of drug-likeness (QED) is 0.555. The Morgan fingerprint density at radius 3 is 2.41 bits per heavy atom. The van der Waals surface area contributed by atoms with Crippen molar-refractivity contribution in [3.05, 3.63) is 23.3 Å². The average Bonchev–Trinajstić information content (AvgIpc) is 3.55. The van der Waals surface area contributed by atoms with Crippen LogP contribution in [0.4, 0.5) is 0 Å². The number of rotatable bonds is 3. The summed E-state index contributed by atoms with van der Waals surface area (Å²) in [5.41, 5.74) is 0.994. The number of ether oxygens (including phenoxy) is 4. The van der Waals surface area contributed by atoms with Crippen molar-refractivity contribution in [3.8, 4) is 0 Å². The number of methoxy groups -OCH3 is 2. The van der Waals surface area contributed by atoms with Gasteiger partial charge >= 0.3 is 11.9 Å². The summed E-state index contributed by atoms with van der Waals surface area (Å²) in [7, 11) is 2.82. The largest absolute Gasteiger partial charge is 0.466 e. The maximum absolute atomic E-state index is 12.2. The molecule has 0 spiro atoms. The molecule has 6 nitrogen and oxygen atoms in total. The Morgan fingerprint density at radius 1 is 1.07 bits per heavy atom. The molecule has 0 amide bonds. The lowest BCUT2D eigenvalue weighted by atomic mass is 9.85. The molecule has 2 aliphatic heterocycles. The Kier molecular flexibility index (Phi) is 6.06. The molecule has 0 radical (unpaired) electrons. The van der Waals surface area contributed by atoms with Gasteiger partial charge in [-0.25, -0.2) is 9.59 Å². The third-order valence-corrected chi connectivity index (χ3v) is 6.01. The highest BCUT2D eigenvalue weighted by molar-refractivity contribution is 5.89. The molecule has 2 heterocycles. The van der Waals surface area contributed by atoms with Crippen LogP contribution in [0.1, 0.15) is 52.4 Å². The van der Waals surface area contributed by atoms with Gasteiger partial charge in [0.15, 0.2) is 0 Å². The van der Waals surface area contributed by atoms with Crippen molar-refractivity contribution in [1.29, 1.82) is 0 Å². The fourth-order valence-corrected chi connectivity index (χ4v) is 4.05. The third kappa shape index (κ3) is 4.43. The second-order valence-corrected chi connectivity index (χ2v) is 7.88. The van der Waals surface area contributed by atoms with E-state index in [9.17, 15) is 9.59 Å². The molecule has 3 aliphatic rings. The van der Waals surface area contributed by atoms with Crippen molar-refractivity contribution < 1.29 is 28.5 Å². The van der Waals surface area contributed by atoms with Crippen molar-refractivity contribution in [2.24, 2.45) is 5.92 Å². The molecule has 0 saturated carbocycles. The van der Waals surface area contributed by atoms with Crippen LogP contribution in [0, 0.1) is 5.92 Å². The van der Waals surface area contributed by atoms with Crippen LogP contribution >= 0.6 is 0 Å². The number of hydrogen-bond donors (Lipinski definition) is 0. The Hall–Kier alpha value is -1.66. The monoisotopic (exact) mass is 378 g/mol. The molecular formula is C21H30O6. The van der Waals surface area contributed by atoms with Crippen molar-refractivity contribution in [1.82, 2.24) is 0 Å². The molecule has 2 fully saturated rings. The molecule has 0 aromatic heterocycles. The minimum atomic E-state index is -0.352. The van der Waals surface area contributed by atoms with Crippen LogP contribution in [-0.2, 0) is 28.5 Å². The van der Waals surface area contributed by atoms with Crippen LogP contribution < -0.4 is 0 Å². The van der Waals surface area contributed by atoms with Gasteiger partial charge in [-0.15, -0.1) is 0 Å². The fraction of sp³-hybridized carbons (Fsp3) is 0.714. The Labute approximate surface area is 160 Å². The van der Waals surface area contributed by atoms with Crippen molar-refractivity contribution in [2.45, 2.75) is 76.3 Å². The molecule has 0 N–H and O–H groups in total. The summed E-state index contributed by atoms with van der Waals surface area (Å²) in [6.07, 6.45) is 8.52. The first kappa shape index (κ1) is 20.1. The molecular weight excluding hydrogens is 348 g/mol. The first-order valence-corrected chi connectivity index (χ1v) is 9.81. The summed E-state index contributed by atoms with van der Waals surface area (Å²) in [6, 6.07) is 0. The highest BCUT2D eigenvalue weighted by Gasteiger charge is 2.57. The summed E-state index contributed by atoms with van der Waals surface area (Å²) < 4.78 is 21.7. The van der Waals surface area contributed by atoms with E-state index in [1.165, 1.54) is 14.2 Å². The van der Waals surface area contributed by atoms with E-state index in [-0.39, 0.29) is 41.8 Å². The molecule has 4 atom stereocenters. The van der Waals surface area contributed by atoms with Crippen LogP contribution in [0.15, 0.2) is 23.3 Å². The standard InChI is InChI=1S/C21H30O6/c1-13(2)21-11-10-14(19(22)24-3)6-5-7-16-17(26-16)9-8-15(20(23)25-4)12-18(21)27-21/h6,12-13,16-18H,5,7-11H2,1-4H3/b14-6-,15-12-/t16-,17-,18-,21+/m0/s1. The number of epoxide rings is 2. The van der Waals surface area contributed by atoms with E-state index < -0.39 is 0 Å². The van der Waals surface area contributed by atoms with Gasteiger partial charge in [-0.3, -0.25) is 0 Å². The highest BCUT2D eigenvalue weighted by Crippen LogP contribution is 2.49. The van der Waals surface area contributed by atoms with Gasteiger partial charge in [0.2, 0.25) is 0 Å². The zero-order valence-corrected chi connectivity index (χ0v) is 16.7. The molecule has 0 bridgehead atoms. The molecule has 6 heteroatoms. The Balaban J connectivity index is 1.83. The second-order valence-electron chi connectivity index (χ2n) is 7.88. The number of carbonyl (C=O) groups excluding carboxylic acids is 2. The van der Waals surface area contributed by atoms with Crippen LogP contribution in [0.3, 0.4) is 0 Å². The number of hydrogen-bond acceptors (Lipinski definition) is 6. The first-order valence-electron chi connectivity index (χ1n) is 9.81. The predicted molar refractivity (Wildman–Crippen MR) is 99.0 cm³/mol. The second kappa shape index (κ2) is 8.15. The molecule has 3 rings (SSSR count). The number of allylic oxidation sites excluding steroid dienone is 1. The zero-order valence-electron chi connectivity index (χ0n) is 16.7. The van der Waals surface area contributed by atoms with Gasteiger partial charge in [0.1, 0.15) is 11.7 Å². The van der Waals surface area contributed by atoms with E-state index in [1.54, 1.807) is 0 Å². The minimum Gasteiger partial charge on any atom is -0.466 e. The van der Waals surface area contributed by atoms with Crippen LogP contribution in [0.25, 0.3) is 0 Å². The van der Waals surface area contributed by atoms with Gasteiger partial charge in [-0.05, 0) is 50.5 Å². The lowest BCUT2D eigenvalue weighted by molar-refractivity contribution is -0.137. The smallest absolute Gasteiger partial charge is 0.333 e. The van der Waals surface area contributed by atoms with Gasteiger partial charge in [0.25, 0.3) is 0 Å². The van der Waals surface area contributed by atoms with Crippen LogP contribution in [-0.4, -0.2) is 50.1 Å². The highest BCUT2D eigenvalue weighted by atomic mass is 16.6. The van der Waals surface area contributed by atoms with Gasteiger partial charge in [-0.1, -0.05) is 19.9 Å². The molecule has 1 aliphatic carbocycles. The zero-order chi connectivity index (χ0) is 19.6. The molecule has 0 aromatic rings. The SMILES string of the molecule is COC(=O)/C1=C\[C@@H]2O[C@@]2(C(C)C)CC/C(C(=O)OC)=C/CC[C@@H]2O[C@H]2CC1. The van der Waals surface area contributed by atoms with Gasteiger partial charge < -0.3 is 18.9 Å². The van der Waals surface area contributed by atoms with Gasteiger partial charge in [-0.2, -0.15) is 0 Å². The molecule has 0 unspecified atom stereocenters. The van der Waals surface area contributed by atoms with E-state index >= 15 is 0 Å². The average molecular weight is 378 g/mol.